The van der Waals surface area contributed by atoms with Gasteiger partial charge in [0.05, 0.1) is 12.1 Å². The van der Waals surface area contributed by atoms with Crippen molar-refractivity contribution in [1.82, 2.24) is 25.1 Å². The Balaban J connectivity index is 1.70. The number of aromatic nitrogens is 4. The van der Waals surface area contributed by atoms with Crippen LogP contribution in [0, 0.1) is 20.8 Å². The third kappa shape index (κ3) is 3.41. The van der Waals surface area contributed by atoms with Gasteiger partial charge in [-0.15, -0.1) is 0 Å². The van der Waals surface area contributed by atoms with E-state index in [1.54, 1.807) is 6.20 Å². The summed E-state index contributed by atoms with van der Waals surface area (Å²) in [6, 6.07) is 1.97. The molecule has 1 saturated heterocycles. The average Bonchev–Trinajstić information content (AvgIpc) is 2.87. The van der Waals surface area contributed by atoms with Gasteiger partial charge in [0.15, 0.2) is 0 Å². The standard InChI is InChI=1S/C17H23N5O/c1-11-15(12(2)21-20-11)9-17(23)22-8-4-5-14(10-22)16-6-7-18-13(3)19-16/h6-7,14H,4-5,8-10H2,1-3H3,(H,20,21)/t14-/m1/s1. The van der Waals surface area contributed by atoms with Crippen LogP contribution < -0.4 is 0 Å². The second-order valence-electron chi connectivity index (χ2n) is 6.30. The lowest BCUT2D eigenvalue weighted by Crippen LogP contribution is -2.40. The van der Waals surface area contributed by atoms with Gasteiger partial charge in [-0.05, 0) is 39.7 Å². The molecule has 1 N–H and O–H groups in total. The van der Waals surface area contributed by atoms with Gasteiger partial charge in [0.1, 0.15) is 5.82 Å². The van der Waals surface area contributed by atoms with Gasteiger partial charge in [-0.25, -0.2) is 9.97 Å². The second-order valence-corrected chi connectivity index (χ2v) is 6.30. The fourth-order valence-electron chi connectivity index (χ4n) is 3.24. The molecule has 3 heterocycles. The summed E-state index contributed by atoms with van der Waals surface area (Å²) < 4.78 is 0. The first-order chi connectivity index (χ1) is 11.0. The van der Waals surface area contributed by atoms with Crippen molar-refractivity contribution in [1.29, 1.82) is 0 Å². The number of likely N-dealkylation sites (tertiary alicyclic amines) is 1. The van der Waals surface area contributed by atoms with E-state index in [-0.39, 0.29) is 5.91 Å². The Morgan fingerprint density at radius 3 is 2.91 bits per heavy atom. The predicted octanol–water partition coefficient (Wildman–Crippen LogP) is 2.07. The number of H-pyrrole nitrogens is 1. The number of aromatic amines is 1. The highest BCUT2D eigenvalue weighted by molar-refractivity contribution is 5.79. The molecule has 0 aromatic carbocycles. The van der Waals surface area contributed by atoms with Crippen molar-refractivity contribution in [3.05, 3.63) is 40.7 Å². The third-order valence-electron chi connectivity index (χ3n) is 4.60. The number of carbonyl (C=O) groups is 1. The summed E-state index contributed by atoms with van der Waals surface area (Å²) in [5, 5.41) is 7.12. The van der Waals surface area contributed by atoms with E-state index < -0.39 is 0 Å². The van der Waals surface area contributed by atoms with Gasteiger partial charge < -0.3 is 4.90 Å². The normalized spacial score (nSPS) is 18.2. The lowest BCUT2D eigenvalue weighted by molar-refractivity contribution is -0.131. The van der Waals surface area contributed by atoms with Gasteiger partial charge in [-0.1, -0.05) is 0 Å². The van der Waals surface area contributed by atoms with Crippen molar-refractivity contribution >= 4 is 5.91 Å². The largest absolute Gasteiger partial charge is 0.342 e. The zero-order chi connectivity index (χ0) is 16.4. The molecule has 0 radical (unpaired) electrons. The van der Waals surface area contributed by atoms with Crippen LogP contribution in [-0.2, 0) is 11.2 Å². The molecule has 2 aromatic rings. The van der Waals surface area contributed by atoms with E-state index in [0.29, 0.717) is 12.3 Å². The van der Waals surface area contributed by atoms with Crippen LogP contribution in [-0.4, -0.2) is 44.1 Å². The van der Waals surface area contributed by atoms with Crippen molar-refractivity contribution in [3.8, 4) is 0 Å². The molecule has 0 spiro atoms. The SMILES string of the molecule is Cc1nccc([C@@H]2CCCN(C(=O)Cc3c(C)n[nH]c3C)C2)n1. The summed E-state index contributed by atoms with van der Waals surface area (Å²) in [5.41, 5.74) is 3.97. The molecule has 1 amide bonds. The molecule has 1 atom stereocenters. The Morgan fingerprint density at radius 2 is 2.22 bits per heavy atom. The molecule has 3 rings (SSSR count). The molecule has 0 saturated carbocycles. The monoisotopic (exact) mass is 313 g/mol. The molecule has 6 nitrogen and oxygen atoms in total. The van der Waals surface area contributed by atoms with E-state index in [4.69, 9.17) is 0 Å². The number of piperidine rings is 1. The molecule has 1 fully saturated rings. The molecule has 1 aliphatic rings. The van der Waals surface area contributed by atoms with Gasteiger partial charge in [0.2, 0.25) is 5.91 Å². The van der Waals surface area contributed by atoms with Crippen molar-refractivity contribution in [2.75, 3.05) is 13.1 Å². The number of carbonyl (C=O) groups excluding carboxylic acids is 1. The summed E-state index contributed by atoms with van der Waals surface area (Å²) in [4.78, 5) is 23.3. The second kappa shape index (κ2) is 6.48. The zero-order valence-corrected chi connectivity index (χ0v) is 14.0. The summed E-state index contributed by atoms with van der Waals surface area (Å²) in [5.74, 6) is 1.27. The maximum Gasteiger partial charge on any atom is 0.227 e. The van der Waals surface area contributed by atoms with E-state index in [0.717, 1.165) is 54.4 Å². The number of nitrogens with zero attached hydrogens (tertiary/aromatic N) is 4. The first kappa shape index (κ1) is 15.6. The Hall–Kier alpha value is -2.24. The summed E-state index contributed by atoms with van der Waals surface area (Å²) >= 11 is 0. The van der Waals surface area contributed by atoms with Gasteiger partial charge in [0.25, 0.3) is 0 Å². The third-order valence-corrected chi connectivity index (χ3v) is 4.60. The van der Waals surface area contributed by atoms with Crippen LogP contribution in [0.15, 0.2) is 12.3 Å². The van der Waals surface area contributed by atoms with E-state index >= 15 is 0 Å². The molecule has 1 aliphatic heterocycles. The summed E-state index contributed by atoms with van der Waals surface area (Å²) in [7, 11) is 0. The van der Waals surface area contributed by atoms with Crippen LogP contribution in [0.3, 0.4) is 0 Å². The van der Waals surface area contributed by atoms with Crippen molar-refractivity contribution in [2.24, 2.45) is 0 Å². The molecule has 6 heteroatoms. The number of nitrogens with one attached hydrogen (secondary N) is 1. The number of rotatable bonds is 3. The first-order valence-corrected chi connectivity index (χ1v) is 8.12. The fourth-order valence-corrected chi connectivity index (χ4v) is 3.24. The smallest absolute Gasteiger partial charge is 0.227 e. The minimum Gasteiger partial charge on any atom is -0.342 e. The van der Waals surface area contributed by atoms with Crippen LogP contribution in [0.2, 0.25) is 0 Å². The molecule has 0 aliphatic carbocycles. The summed E-state index contributed by atoms with van der Waals surface area (Å²) in [6.07, 6.45) is 4.31. The van der Waals surface area contributed by atoms with Crippen molar-refractivity contribution in [3.63, 3.8) is 0 Å². The van der Waals surface area contributed by atoms with E-state index in [1.807, 2.05) is 31.7 Å². The highest BCUT2D eigenvalue weighted by Crippen LogP contribution is 2.26. The zero-order valence-electron chi connectivity index (χ0n) is 14.0. The van der Waals surface area contributed by atoms with Gasteiger partial charge in [0, 0.05) is 42.2 Å². The van der Waals surface area contributed by atoms with E-state index in [1.165, 1.54) is 0 Å². The van der Waals surface area contributed by atoms with Crippen LogP contribution >= 0.6 is 0 Å². The Kier molecular flexibility index (Phi) is 4.41. The van der Waals surface area contributed by atoms with Crippen molar-refractivity contribution in [2.45, 2.75) is 46.0 Å². The van der Waals surface area contributed by atoms with Gasteiger partial charge >= 0.3 is 0 Å². The number of hydrogen-bond acceptors (Lipinski definition) is 4. The van der Waals surface area contributed by atoms with E-state index in [2.05, 4.69) is 20.2 Å². The number of hydrogen-bond donors (Lipinski definition) is 1. The average molecular weight is 313 g/mol. The maximum atomic E-state index is 12.7. The fraction of sp³-hybridized carbons (Fsp3) is 0.529. The van der Waals surface area contributed by atoms with Crippen LogP contribution in [0.1, 0.15) is 47.2 Å². The van der Waals surface area contributed by atoms with Crippen LogP contribution in [0.4, 0.5) is 0 Å². The van der Waals surface area contributed by atoms with Crippen LogP contribution in [0.25, 0.3) is 0 Å². The Bertz CT molecular complexity index is 689. The predicted molar refractivity (Wildman–Crippen MR) is 87.1 cm³/mol. The number of amides is 1. The quantitative estimate of drug-likeness (QED) is 0.941. The molecule has 2 aromatic heterocycles. The Morgan fingerprint density at radius 1 is 1.39 bits per heavy atom. The van der Waals surface area contributed by atoms with Crippen molar-refractivity contribution < 1.29 is 4.79 Å². The topological polar surface area (TPSA) is 74.8 Å². The maximum absolute atomic E-state index is 12.7. The minimum absolute atomic E-state index is 0.174. The molecule has 23 heavy (non-hydrogen) atoms. The molecule has 0 bridgehead atoms. The number of aryl methyl sites for hydroxylation is 3. The molecular formula is C17H23N5O. The summed E-state index contributed by atoms with van der Waals surface area (Å²) in [6.45, 7) is 7.38. The van der Waals surface area contributed by atoms with E-state index in [9.17, 15) is 4.79 Å². The first-order valence-electron chi connectivity index (χ1n) is 8.12. The highest BCUT2D eigenvalue weighted by Gasteiger charge is 2.26. The molecule has 0 unspecified atom stereocenters. The highest BCUT2D eigenvalue weighted by atomic mass is 16.2. The minimum atomic E-state index is 0.174. The van der Waals surface area contributed by atoms with Crippen LogP contribution in [0.5, 0.6) is 0 Å². The lowest BCUT2D eigenvalue weighted by Gasteiger charge is -2.32. The Labute approximate surface area is 136 Å². The lowest BCUT2D eigenvalue weighted by atomic mass is 9.94. The molecule has 122 valence electrons. The van der Waals surface area contributed by atoms with Gasteiger partial charge in [-0.2, -0.15) is 5.10 Å². The van der Waals surface area contributed by atoms with Gasteiger partial charge in [-0.3, -0.25) is 9.89 Å². The molecular weight excluding hydrogens is 290 g/mol.